The molecule has 2 rings (SSSR count). The largest absolute Gasteiger partial charge is 0.326 e. The molecule has 0 spiro atoms. The molecule has 0 aliphatic rings. The quantitative estimate of drug-likeness (QED) is 0.862. The van der Waals surface area contributed by atoms with Gasteiger partial charge in [-0.3, -0.25) is 0 Å². The highest BCUT2D eigenvalue weighted by Crippen LogP contribution is 2.08. The van der Waals surface area contributed by atoms with E-state index in [9.17, 15) is 0 Å². The summed E-state index contributed by atoms with van der Waals surface area (Å²) in [7, 11) is 0. The van der Waals surface area contributed by atoms with Gasteiger partial charge in [-0.25, -0.2) is 9.97 Å². The van der Waals surface area contributed by atoms with Crippen molar-refractivity contribution in [1.82, 2.24) is 19.9 Å². The number of rotatable bonds is 5. The lowest BCUT2D eigenvalue weighted by Gasteiger charge is -2.09. The van der Waals surface area contributed by atoms with Crippen LogP contribution in [0.3, 0.4) is 0 Å². The predicted octanol–water partition coefficient (Wildman–Crippen LogP) is 1.89. The van der Waals surface area contributed by atoms with Gasteiger partial charge in [0.2, 0.25) is 0 Å². The Morgan fingerprint density at radius 1 is 1.50 bits per heavy atom. The third kappa shape index (κ3) is 2.90. The topological polar surface area (TPSA) is 42.7 Å². The summed E-state index contributed by atoms with van der Waals surface area (Å²) in [5, 5.41) is 6.50. The highest BCUT2D eigenvalue weighted by molar-refractivity contribution is 7.09. The molecule has 0 radical (unpaired) electrons. The molecule has 2 aromatic rings. The van der Waals surface area contributed by atoms with E-state index in [4.69, 9.17) is 0 Å². The second kappa shape index (κ2) is 5.23. The standard InChI is InChI=1S/C11H16N4S/c1-9(2)14-6-10-5-12-8-15(10)7-11-13-3-4-16-11/h3-5,8-9,14H,6-7H2,1-2H3. The van der Waals surface area contributed by atoms with Crippen LogP contribution in [0.5, 0.6) is 0 Å². The van der Waals surface area contributed by atoms with Gasteiger partial charge in [0.05, 0.1) is 18.6 Å². The molecule has 0 saturated carbocycles. The second-order valence-corrected chi connectivity index (χ2v) is 4.95. The molecule has 0 amide bonds. The molecular weight excluding hydrogens is 220 g/mol. The minimum Gasteiger partial charge on any atom is -0.326 e. The molecule has 0 aliphatic carbocycles. The van der Waals surface area contributed by atoms with Crippen LogP contribution in [0, 0.1) is 0 Å². The van der Waals surface area contributed by atoms with Gasteiger partial charge in [-0.15, -0.1) is 11.3 Å². The fourth-order valence-electron chi connectivity index (χ4n) is 1.42. The smallest absolute Gasteiger partial charge is 0.112 e. The van der Waals surface area contributed by atoms with Crippen LogP contribution in [-0.4, -0.2) is 20.6 Å². The number of hydrogen-bond donors (Lipinski definition) is 1. The van der Waals surface area contributed by atoms with Crippen molar-refractivity contribution in [1.29, 1.82) is 0 Å². The van der Waals surface area contributed by atoms with Crippen LogP contribution in [0.2, 0.25) is 0 Å². The lowest BCUT2D eigenvalue weighted by Crippen LogP contribution is -2.23. The third-order valence-electron chi connectivity index (χ3n) is 2.28. The van der Waals surface area contributed by atoms with Gasteiger partial charge in [0.15, 0.2) is 0 Å². The summed E-state index contributed by atoms with van der Waals surface area (Å²) in [5.41, 5.74) is 1.20. The lowest BCUT2D eigenvalue weighted by atomic mass is 10.3. The Kier molecular flexibility index (Phi) is 3.69. The first-order chi connectivity index (χ1) is 7.75. The minimum absolute atomic E-state index is 0.489. The Labute approximate surface area is 99.4 Å². The maximum atomic E-state index is 4.28. The number of nitrogens with zero attached hydrogens (tertiary/aromatic N) is 3. The van der Waals surface area contributed by atoms with Crippen LogP contribution < -0.4 is 5.32 Å². The maximum absolute atomic E-state index is 4.28. The van der Waals surface area contributed by atoms with Crippen LogP contribution in [0.15, 0.2) is 24.1 Å². The first-order valence-electron chi connectivity index (χ1n) is 5.36. The van der Waals surface area contributed by atoms with E-state index in [1.165, 1.54) is 5.69 Å². The summed E-state index contributed by atoms with van der Waals surface area (Å²) in [6, 6.07) is 0.489. The summed E-state index contributed by atoms with van der Waals surface area (Å²) >= 11 is 1.67. The van der Waals surface area contributed by atoms with E-state index in [0.29, 0.717) is 6.04 Å². The molecule has 0 bridgehead atoms. The van der Waals surface area contributed by atoms with Gasteiger partial charge >= 0.3 is 0 Å². The second-order valence-electron chi connectivity index (χ2n) is 3.97. The normalized spacial score (nSPS) is 11.2. The molecule has 16 heavy (non-hydrogen) atoms. The molecule has 4 nitrogen and oxygen atoms in total. The number of imidazole rings is 1. The zero-order chi connectivity index (χ0) is 11.4. The van der Waals surface area contributed by atoms with Crippen molar-refractivity contribution in [2.45, 2.75) is 33.0 Å². The van der Waals surface area contributed by atoms with Crippen molar-refractivity contribution in [3.05, 3.63) is 34.8 Å². The van der Waals surface area contributed by atoms with E-state index in [1.807, 2.05) is 24.1 Å². The Balaban J connectivity index is 2.01. The van der Waals surface area contributed by atoms with E-state index >= 15 is 0 Å². The average Bonchev–Trinajstić information content (AvgIpc) is 2.87. The molecule has 86 valence electrons. The first kappa shape index (κ1) is 11.3. The molecule has 0 unspecified atom stereocenters. The minimum atomic E-state index is 0.489. The van der Waals surface area contributed by atoms with Crippen molar-refractivity contribution in [3.8, 4) is 0 Å². The molecule has 0 aliphatic heterocycles. The van der Waals surface area contributed by atoms with Gasteiger partial charge in [0.1, 0.15) is 5.01 Å². The van der Waals surface area contributed by atoms with Crippen molar-refractivity contribution in [2.24, 2.45) is 0 Å². The average molecular weight is 236 g/mol. The van der Waals surface area contributed by atoms with Crippen molar-refractivity contribution < 1.29 is 0 Å². The molecule has 0 atom stereocenters. The molecule has 1 N–H and O–H groups in total. The van der Waals surface area contributed by atoms with Crippen molar-refractivity contribution in [2.75, 3.05) is 0 Å². The van der Waals surface area contributed by atoms with Crippen molar-refractivity contribution >= 4 is 11.3 Å². The Morgan fingerprint density at radius 2 is 2.38 bits per heavy atom. The van der Waals surface area contributed by atoms with Crippen LogP contribution >= 0.6 is 11.3 Å². The zero-order valence-corrected chi connectivity index (χ0v) is 10.4. The Hall–Kier alpha value is -1.20. The monoisotopic (exact) mass is 236 g/mol. The summed E-state index contributed by atoms with van der Waals surface area (Å²) in [6.45, 7) is 5.94. The predicted molar refractivity (Wildman–Crippen MR) is 65.4 cm³/mol. The summed E-state index contributed by atoms with van der Waals surface area (Å²) < 4.78 is 2.13. The molecule has 0 aromatic carbocycles. The molecule has 0 fully saturated rings. The number of hydrogen-bond acceptors (Lipinski definition) is 4. The van der Waals surface area contributed by atoms with Gasteiger partial charge in [0, 0.05) is 30.4 Å². The zero-order valence-electron chi connectivity index (χ0n) is 9.55. The summed E-state index contributed by atoms with van der Waals surface area (Å²) in [6.07, 6.45) is 5.60. The van der Waals surface area contributed by atoms with Crippen LogP contribution in [0.4, 0.5) is 0 Å². The Bertz CT molecular complexity index is 419. The van der Waals surface area contributed by atoms with E-state index in [0.717, 1.165) is 18.1 Å². The maximum Gasteiger partial charge on any atom is 0.112 e. The van der Waals surface area contributed by atoms with E-state index in [1.54, 1.807) is 11.3 Å². The number of aromatic nitrogens is 3. The van der Waals surface area contributed by atoms with Gasteiger partial charge in [-0.2, -0.15) is 0 Å². The Morgan fingerprint density at radius 3 is 3.06 bits per heavy atom. The van der Waals surface area contributed by atoms with E-state index < -0.39 is 0 Å². The van der Waals surface area contributed by atoms with Crippen LogP contribution in [-0.2, 0) is 13.1 Å². The SMILES string of the molecule is CC(C)NCc1cncn1Cc1nccs1. The van der Waals surface area contributed by atoms with Gasteiger partial charge in [0.25, 0.3) is 0 Å². The van der Waals surface area contributed by atoms with Gasteiger partial charge in [-0.05, 0) is 0 Å². The molecule has 0 saturated heterocycles. The fraction of sp³-hybridized carbons (Fsp3) is 0.455. The summed E-state index contributed by atoms with van der Waals surface area (Å²) in [4.78, 5) is 8.46. The third-order valence-corrected chi connectivity index (χ3v) is 3.04. The van der Waals surface area contributed by atoms with Gasteiger partial charge in [-0.1, -0.05) is 13.8 Å². The highest BCUT2D eigenvalue weighted by atomic mass is 32.1. The first-order valence-corrected chi connectivity index (χ1v) is 6.24. The fourth-order valence-corrected chi connectivity index (χ4v) is 2.04. The molecular formula is C11H16N4S. The van der Waals surface area contributed by atoms with Gasteiger partial charge < -0.3 is 9.88 Å². The molecule has 2 heterocycles. The molecule has 2 aromatic heterocycles. The highest BCUT2D eigenvalue weighted by Gasteiger charge is 2.04. The van der Waals surface area contributed by atoms with Crippen molar-refractivity contribution in [3.63, 3.8) is 0 Å². The van der Waals surface area contributed by atoms with Crippen LogP contribution in [0.1, 0.15) is 24.5 Å². The number of thiazole rings is 1. The summed E-state index contributed by atoms with van der Waals surface area (Å²) in [5.74, 6) is 0. The lowest BCUT2D eigenvalue weighted by molar-refractivity contribution is 0.564. The molecule has 5 heteroatoms. The van der Waals surface area contributed by atoms with Crippen LogP contribution in [0.25, 0.3) is 0 Å². The number of nitrogens with one attached hydrogen (secondary N) is 1. The van der Waals surface area contributed by atoms with E-state index in [2.05, 4.69) is 33.7 Å². The van der Waals surface area contributed by atoms with E-state index in [-0.39, 0.29) is 0 Å².